The van der Waals surface area contributed by atoms with Crippen molar-refractivity contribution in [2.75, 3.05) is 13.2 Å². The average Bonchev–Trinajstić information content (AvgIpc) is 2.98. The highest BCUT2D eigenvalue weighted by molar-refractivity contribution is 5.73. The number of halogens is 1. The summed E-state index contributed by atoms with van der Waals surface area (Å²) in [6, 6.07) is 8.85. The molecule has 2 rings (SSSR count). The Kier molecular flexibility index (Phi) is 8.46. The van der Waals surface area contributed by atoms with Crippen LogP contribution in [0.2, 0.25) is 0 Å². The number of hydrogen-bond acceptors (Lipinski definition) is 5. The van der Waals surface area contributed by atoms with Crippen LogP contribution in [0.5, 0.6) is 0 Å². The molecule has 1 heterocycles. The summed E-state index contributed by atoms with van der Waals surface area (Å²) in [5, 5.41) is 8.92. The van der Waals surface area contributed by atoms with Gasteiger partial charge >= 0.3 is 0 Å². The molecule has 1 aromatic carbocycles. The van der Waals surface area contributed by atoms with E-state index in [1.807, 2.05) is 6.07 Å². The van der Waals surface area contributed by atoms with Gasteiger partial charge in [0.25, 0.3) is 6.02 Å². The van der Waals surface area contributed by atoms with Gasteiger partial charge in [0, 0.05) is 25.8 Å². The van der Waals surface area contributed by atoms with E-state index in [9.17, 15) is 4.39 Å². The first-order chi connectivity index (χ1) is 13.1. The molecular formula is C20H25FN4O2. The standard InChI is InChI=1S/C20H25FN4O2/c1-2-18(21)19(24-13-15-7-4-9-26-10-8-15)25-20(23)27-14-17-6-3-5-16(11-17)12-22/h3,5-6,11,13,15H,2,4,7-10,14H2,1H3,(H2,23,25)/b19-18+,24-13+. The summed E-state index contributed by atoms with van der Waals surface area (Å²) in [6.07, 6.45) is 4.67. The largest absolute Gasteiger partial charge is 0.460 e. The van der Waals surface area contributed by atoms with Crippen molar-refractivity contribution in [3.63, 3.8) is 0 Å². The summed E-state index contributed by atoms with van der Waals surface area (Å²) in [7, 11) is 0. The van der Waals surface area contributed by atoms with Gasteiger partial charge in [-0.2, -0.15) is 10.3 Å². The summed E-state index contributed by atoms with van der Waals surface area (Å²) in [4.78, 5) is 8.21. The van der Waals surface area contributed by atoms with Crippen molar-refractivity contribution in [2.45, 2.75) is 39.2 Å². The first-order valence-electron chi connectivity index (χ1n) is 9.09. The van der Waals surface area contributed by atoms with Gasteiger partial charge in [-0.25, -0.2) is 9.38 Å². The van der Waals surface area contributed by atoms with Crippen molar-refractivity contribution < 1.29 is 13.9 Å². The lowest BCUT2D eigenvalue weighted by molar-refractivity contribution is 0.143. The highest BCUT2D eigenvalue weighted by Crippen LogP contribution is 2.17. The SMILES string of the molecule is CC/C(F)=C(/N=C/C1CCCOCC1)\N=C(/N)OCc1cccc(C#N)c1. The van der Waals surface area contributed by atoms with Crippen LogP contribution in [0.4, 0.5) is 4.39 Å². The Morgan fingerprint density at radius 3 is 3.07 bits per heavy atom. The van der Waals surface area contributed by atoms with Crippen molar-refractivity contribution in [3.8, 4) is 6.07 Å². The quantitative estimate of drug-likeness (QED) is 0.607. The number of ether oxygens (including phenoxy) is 2. The number of nitriles is 1. The van der Waals surface area contributed by atoms with Crippen LogP contribution in [0.1, 0.15) is 43.7 Å². The average molecular weight is 372 g/mol. The zero-order valence-corrected chi connectivity index (χ0v) is 15.5. The van der Waals surface area contributed by atoms with Crippen LogP contribution in [-0.4, -0.2) is 25.5 Å². The minimum Gasteiger partial charge on any atom is -0.460 e. The van der Waals surface area contributed by atoms with E-state index in [1.165, 1.54) is 0 Å². The van der Waals surface area contributed by atoms with Crippen LogP contribution in [0.25, 0.3) is 0 Å². The third kappa shape index (κ3) is 7.19. The number of hydrogen-bond donors (Lipinski definition) is 1. The molecule has 0 saturated carbocycles. The number of allylic oxidation sites excluding steroid dienone is 1. The van der Waals surface area contributed by atoms with Crippen molar-refractivity contribution >= 4 is 12.2 Å². The van der Waals surface area contributed by atoms with E-state index < -0.39 is 5.83 Å². The lowest BCUT2D eigenvalue weighted by Gasteiger charge is -2.08. The third-order valence-electron chi connectivity index (χ3n) is 4.12. The Morgan fingerprint density at radius 1 is 1.44 bits per heavy atom. The van der Waals surface area contributed by atoms with E-state index in [-0.39, 0.29) is 30.8 Å². The highest BCUT2D eigenvalue weighted by atomic mass is 19.1. The van der Waals surface area contributed by atoms with Crippen molar-refractivity contribution in [3.05, 3.63) is 47.0 Å². The van der Waals surface area contributed by atoms with Gasteiger partial charge in [-0.05, 0) is 42.9 Å². The molecule has 0 amide bonds. The monoisotopic (exact) mass is 372 g/mol. The predicted octanol–water partition coefficient (Wildman–Crippen LogP) is 3.83. The highest BCUT2D eigenvalue weighted by Gasteiger charge is 2.11. The van der Waals surface area contributed by atoms with E-state index in [0.717, 1.165) is 31.4 Å². The van der Waals surface area contributed by atoms with Crippen LogP contribution < -0.4 is 5.73 Å². The van der Waals surface area contributed by atoms with E-state index in [1.54, 1.807) is 31.3 Å². The molecule has 2 N–H and O–H groups in total. The Morgan fingerprint density at radius 2 is 2.30 bits per heavy atom. The summed E-state index contributed by atoms with van der Waals surface area (Å²) >= 11 is 0. The molecular weight excluding hydrogens is 347 g/mol. The molecule has 7 heteroatoms. The van der Waals surface area contributed by atoms with Gasteiger partial charge in [-0.15, -0.1) is 0 Å². The fourth-order valence-corrected chi connectivity index (χ4v) is 2.60. The number of nitrogens with zero attached hydrogens (tertiary/aromatic N) is 3. The molecule has 1 aromatic rings. The smallest absolute Gasteiger partial charge is 0.289 e. The van der Waals surface area contributed by atoms with Crippen LogP contribution in [0, 0.1) is 17.2 Å². The number of nitrogens with two attached hydrogens (primary N) is 1. The fraction of sp³-hybridized carbons (Fsp3) is 0.450. The second-order valence-corrected chi connectivity index (χ2v) is 6.21. The fourth-order valence-electron chi connectivity index (χ4n) is 2.60. The molecule has 0 aromatic heterocycles. The van der Waals surface area contributed by atoms with Crippen LogP contribution in [0.3, 0.4) is 0 Å². The molecule has 1 atom stereocenters. The third-order valence-corrected chi connectivity index (χ3v) is 4.12. The van der Waals surface area contributed by atoms with Crippen LogP contribution in [-0.2, 0) is 16.1 Å². The van der Waals surface area contributed by atoms with Gasteiger partial charge in [0.1, 0.15) is 12.4 Å². The van der Waals surface area contributed by atoms with Gasteiger partial charge < -0.3 is 15.2 Å². The molecule has 6 nitrogen and oxygen atoms in total. The second kappa shape index (κ2) is 11.1. The molecule has 27 heavy (non-hydrogen) atoms. The number of aliphatic imine (C=N–C) groups is 2. The van der Waals surface area contributed by atoms with Crippen molar-refractivity contribution in [2.24, 2.45) is 21.6 Å². The Bertz CT molecular complexity index is 745. The number of rotatable bonds is 6. The number of amidine groups is 1. The van der Waals surface area contributed by atoms with Crippen molar-refractivity contribution in [1.29, 1.82) is 5.26 Å². The molecule has 1 aliphatic rings. The van der Waals surface area contributed by atoms with E-state index in [0.29, 0.717) is 12.2 Å². The minimum absolute atomic E-state index is 0.0639. The summed E-state index contributed by atoms with van der Waals surface area (Å²) < 4.78 is 24.9. The maximum absolute atomic E-state index is 14.1. The Labute approximate surface area is 159 Å². The van der Waals surface area contributed by atoms with E-state index in [4.69, 9.17) is 20.5 Å². The zero-order chi connectivity index (χ0) is 19.5. The molecule has 1 saturated heterocycles. The normalized spacial score (nSPS) is 19.3. The predicted molar refractivity (Wildman–Crippen MR) is 103 cm³/mol. The molecule has 0 aliphatic carbocycles. The Balaban J connectivity index is 2.03. The molecule has 1 fully saturated rings. The van der Waals surface area contributed by atoms with Gasteiger partial charge in [-0.3, -0.25) is 0 Å². The lowest BCUT2D eigenvalue weighted by Crippen LogP contribution is -2.16. The van der Waals surface area contributed by atoms with E-state index >= 15 is 0 Å². The summed E-state index contributed by atoms with van der Waals surface area (Å²) in [5.74, 6) is -0.279. The Hall–Kier alpha value is -2.72. The molecule has 0 radical (unpaired) electrons. The maximum Gasteiger partial charge on any atom is 0.289 e. The van der Waals surface area contributed by atoms with E-state index in [2.05, 4.69) is 16.1 Å². The minimum atomic E-state index is -0.450. The molecule has 144 valence electrons. The molecule has 1 unspecified atom stereocenters. The maximum atomic E-state index is 14.1. The molecule has 0 bridgehead atoms. The van der Waals surface area contributed by atoms with Crippen LogP contribution >= 0.6 is 0 Å². The lowest BCUT2D eigenvalue weighted by atomic mass is 10.0. The van der Waals surface area contributed by atoms with Crippen LogP contribution in [0.15, 0.2) is 45.9 Å². The molecule has 1 aliphatic heterocycles. The first-order valence-corrected chi connectivity index (χ1v) is 9.09. The first kappa shape index (κ1) is 20.6. The van der Waals surface area contributed by atoms with Crippen molar-refractivity contribution in [1.82, 2.24) is 0 Å². The summed E-state index contributed by atoms with van der Waals surface area (Å²) in [5.41, 5.74) is 7.09. The zero-order valence-electron chi connectivity index (χ0n) is 15.5. The second-order valence-electron chi connectivity index (χ2n) is 6.21. The number of benzene rings is 1. The van der Waals surface area contributed by atoms with Gasteiger partial charge in [0.2, 0.25) is 0 Å². The molecule has 0 spiro atoms. The van der Waals surface area contributed by atoms with Gasteiger partial charge in [0.05, 0.1) is 11.6 Å². The van der Waals surface area contributed by atoms with Gasteiger partial charge in [-0.1, -0.05) is 19.1 Å². The summed E-state index contributed by atoms with van der Waals surface area (Å²) in [6.45, 7) is 3.25. The topological polar surface area (TPSA) is 93.0 Å². The van der Waals surface area contributed by atoms with Gasteiger partial charge in [0.15, 0.2) is 5.82 Å².